The van der Waals surface area contributed by atoms with Crippen LogP contribution in [0, 0.1) is 5.92 Å². The Morgan fingerprint density at radius 1 is 1.04 bits per heavy atom. The van der Waals surface area contributed by atoms with Gasteiger partial charge in [0.15, 0.2) is 0 Å². The maximum absolute atomic E-state index is 12.1. The number of likely N-dealkylation sites (tertiary alicyclic amines) is 1. The summed E-state index contributed by atoms with van der Waals surface area (Å²) >= 11 is 0. The van der Waals surface area contributed by atoms with Gasteiger partial charge in [0.1, 0.15) is 5.82 Å². The van der Waals surface area contributed by atoms with E-state index >= 15 is 0 Å². The molecule has 4 rings (SSSR count). The second kappa shape index (κ2) is 6.81. The molecule has 2 fully saturated rings. The van der Waals surface area contributed by atoms with Gasteiger partial charge in [0.05, 0.1) is 12.2 Å². The molecule has 0 N–H and O–H groups in total. The van der Waals surface area contributed by atoms with Crippen molar-refractivity contribution in [1.29, 1.82) is 0 Å². The average Bonchev–Trinajstić information content (AvgIpc) is 3.45. The van der Waals surface area contributed by atoms with Crippen LogP contribution in [-0.2, 0) is 13.1 Å². The van der Waals surface area contributed by atoms with Gasteiger partial charge in [-0.1, -0.05) is 0 Å². The molecule has 126 valence electrons. The molecule has 1 aliphatic carbocycles. The van der Waals surface area contributed by atoms with Crippen LogP contribution in [0.4, 0.5) is 0 Å². The molecule has 3 heterocycles. The van der Waals surface area contributed by atoms with Crippen molar-refractivity contribution in [1.82, 2.24) is 24.6 Å². The zero-order valence-corrected chi connectivity index (χ0v) is 13.8. The van der Waals surface area contributed by atoms with E-state index < -0.39 is 0 Å². The molecule has 2 aromatic heterocycles. The Morgan fingerprint density at radius 3 is 2.50 bits per heavy atom. The molecule has 2 aliphatic rings. The topological polar surface area (TPSA) is 63.9 Å². The third kappa shape index (κ3) is 3.70. The fourth-order valence-corrected chi connectivity index (χ4v) is 3.38. The first-order chi connectivity index (χ1) is 11.8. The molecule has 1 aliphatic heterocycles. The zero-order valence-electron chi connectivity index (χ0n) is 13.8. The summed E-state index contributed by atoms with van der Waals surface area (Å²) < 4.78 is 1.69. The van der Waals surface area contributed by atoms with E-state index in [0.717, 1.165) is 50.5 Å². The number of nitrogens with zero attached hydrogens (tertiary/aromatic N) is 5. The molecule has 6 heteroatoms. The van der Waals surface area contributed by atoms with E-state index in [1.807, 2.05) is 12.1 Å². The molecule has 6 nitrogen and oxygen atoms in total. The highest BCUT2D eigenvalue weighted by molar-refractivity contribution is 5.12. The van der Waals surface area contributed by atoms with Gasteiger partial charge in [-0.25, -0.2) is 14.6 Å². The molecule has 0 aromatic carbocycles. The van der Waals surface area contributed by atoms with E-state index in [4.69, 9.17) is 0 Å². The maximum atomic E-state index is 12.1. The molecule has 1 saturated carbocycles. The Morgan fingerprint density at radius 2 is 1.79 bits per heavy atom. The van der Waals surface area contributed by atoms with Crippen LogP contribution >= 0.6 is 0 Å². The lowest BCUT2D eigenvalue weighted by atomic mass is 9.97. The Kier molecular flexibility index (Phi) is 4.38. The molecule has 0 atom stereocenters. The van der Waals surface area contributed by atoms with Crippen LogP contribution in [0.2, 0.25) is 0 Å². The minimum Gasteiger partial charge on any atom is -0.296 e. The highest BCUT2D eigenvalue weighted by Gasteiger charge is 2.26. The summed E-state index contributed by atoms with van der Waals surface area (Å²) in [5, 5.41) is 4.59. The van der Waals surface area contributed by atoms with Crippen LogP contribution in [0.15, 0.2) is 35.4 Å². The van der Waals surface area contributed by atoms with Crippen LogP contribution in [0.3, 0.4) is 0 Å². The van der Waals surface area contributed by atoms with Gasteiger partial charge in [-0.05, 0) is 56.8 Å². The van der Waals surface area contributed by atoms with Gasteiger partial charge in [0, 0.05) is 30.9 Å². The quantitative estimate of drug-likeness (QED) is 0.839. The minimum atomic E-state index is 0.0273. The Hall–Kier alpha value is -2.08. The molecule has 24 heavy (non-hydrogen) atoms. The first kappa shape index (κ1) is 15.4. The summed E-state index contributed by atoms with van der Waals surface area (Å²) in [6, 6.07) is 5.43. The molecule has 0 spiro atoms. The lowest BCUT2D eigenvalue weighted by molar-refractivity contribution is 0.160. The fourth-order valence-electron chi connectivity index (χ4n) is 3.38. The summed E-state index contributed by atoms with van der Waals surface area (Å²) in [5.41, 5.74) is 1.12. The molecular weight excluding hydrogens is 302 g/mol. The van der Waals surface area contributed by atoms with Crippen molar-refractivity contribution in [2.45, 2.75) is 44.7 Å². The molecule has 2 aromatic rings. The van der Waals surface area contributed by atoms with E-state index in [9.17, 15) is 4.79 Å². The van der Waals surface area contributed by atoms with Crippen LogP contribution in [0.25, 0.3) is 0 Å². The number of aromatic nitrogens is 4. The first-order valence-corrected chi connectivity index (χ1v) is 8.84. The van der Waals surface area contributed by atoms with Crippen molar-refractivity contribution in [3.8, 4) is 0 Å². The summed E-state index contributed by atoms with van der Waals surface area (Å²) in [5.74, 6) is 1.99. The molecule has 0 amide bonds. The van der Waals surface area contributed by atoms with E-state index in [1.54, 1.807) is 23.1 Å². The van der Waals surface area contributed by atoms with Crippen molar-refractivity contribution in [3.05, 3.63) is 52.5 Å². The summed E-state index contributed by atoms with van der Waals surface area (Å²) in [4.78, 5) is 23.0. The smallest absolute Gasteiger partial charge is 0.266 e. The molecule has 0 radical (unpaired) electrons. The number of rotatable bonds is 5. The SMILES string of the molecule is O=c1ccc(C2CC2)nn1CC1CCN(Cc2ncccn2)CC1. The first-order valence-electron chi connectivity index (χ1n) is 8.84. The zero-order chi connectivity index (χ0) is 16.4. The van der Waals surface area contributed by atoms with E-state index in [2.05, 4.69) is 20.0 Å². The second-order valence-corrected chi connectivity index (χ2v) is 6.94. The lowest BCUT2D eigenvalue weighted by Crippen LogP contribution is -2.36. The highest BCUT2D eigenvalue weighted by atomic mass is 16.1. The van der Waals surface area contributed by atoms with Gasteiger partial charge in [-0.15, -0.1) is 0 Å². The third-order valence-corrected chi connectivity index (χ3v) is 5.01. The molecule has 0 unspecified atom stereocenters. The van der Waals surface area contributed by atoms with Gasteiger partial charge in [-0.3, -0.25) is 9.69 Å². The Balaban J connectivity index is 1.33. The van der Waals surface area contributed by atoms with Crippen LogP contribution in [0.1, 0.15) is 43.1 Å². The number of piperidine rings is 1. The lowest BCUT2D eigenvalue weighted by Gasteiger charge is -2.31. The minimum absolute atomic E-state index is 0.0273. The van der Waals surface area contributed by atoms with Crippen molar-refractivity contribution >= 4 is 0 Å². The third-order valence-electron chi connectivity index (χ3n) is 5.01. The summed E-state index contributed by atoms with van der Waals surface area (Å²) in [6.45, 7) is 3.61. The normalized spacial score (nSPS) is 19.5. The van der Waals surface area contributed by atoms with Crippen LogP contribution < -0.4 is 5.56 Å². The van der Waals surface area contributed by atoms with Crippen molar-refractivity contribution in [2.75, 3.05) is 13.1 Å². The van der Waals surface area contributed by atoms with Crippen LogP contribution in [0.5, 0.6) is 0 Å². The average molecular weight is 325 g/mol. The number of hydrogen-bond donors (Lipinski definition) is 0. The molecule has 0 bridgehead atoms. The monoisotopic (exact) mass is 325 g/mol. The van der Waals surface area contributed by atoms with Crippen molar-refractivity contribution in [3.63, 3.8) is 0 Å². The predicted octanol–water partition coefficient (Wildman–Crippen LogP) is 1.82. The molecular formula is C18H23N5O. The van der Waals surface area contributed by atoms with Crippen molar-refractivity contribution in [2.24, 2.45) is 5.92 Å². The Bertz CT molecular complexity index is 733. The van der Waals surface area contributed by atoms with Crippen LogP contribution in [-0.4, -0.2) is 37.7 Å². The Labute approximate surface area is 141 Å². The van der Waals surface area contributed by atoms with Gasteiger partial charge >= 0.3 is 0 Å². The highest BCUT2D eigenvalue weighted by Crippen LogP contribution is 2.38. The summed E-state index contributed by atoms with van der Waals surface area (Å²) in [6.07, 6.45) is 8.19. The van der Waals surface area contributed by atoms with Crippen molar-refractivity contribution < 1.29 is 0 Å². The maximum Gasteiger partial charge on any atom is 0.266 e. The number of hydrogen-bond acceptors (Lipinski definition) is 5. The fraction of sp³-hybridized carbons (Fsp3) is 0.556. The van der Waals surface area contributed by atoms with E-state index in [-0.39, 0.29) is 5.56 Å². The van der Waals surface area contributed by atoms with Gasteiger partial charge in [-0.2, -0.15) is 5.10 Å². The molecule has 1 saturated heterocycles. The largest absolute Gasteiger partial charge is 0.296 e. The standard InChI is InChI=1S/C18H23N5O/c24-18-5-4-16(15-2-3-15)21-23(18)12-14-6-10-22(11-7-14)13-17-19-8-1-9-20-17/h1,4-5,8-9,14-15H,2-3,6-7,10-13H2. The van der Waals surface area contributed by atoms with E-state index in [1.165, 1.54) is 12.8 Å². The second-order valence-electron chi connectivity index (χ2n) is 6.94. The van der Waals surface area contributed by atoms with Gasteiger partial charge < -0.3 is 0 Å². The predicted molar refractivity (Wildman–Crippen MR) is 90.5 cm³/mol. The summed E-state index contributed by atoms with van der Waals surface area (Å²) in [7, 11) is 0. The van der Waals surface area contributed by atoms with Gasteiger partial charge in [0.2, 0.25) is 0 Å². The van der Waals surface area contributed by atoms with Gasteiger partial charge in [0.25, 0.3) is 5.56 Å². The van der Waals surface area contributed by atoms with E-state index in [0.29, 0.717) is 11.8 Å².